The Hall–Kier alpha value is -2.60. The van der Waals surface area contributed by atoms with Crippen LogP contribution in [0.15, 0.2) is 58.6 Å². The molecule has 2 fully saturated rings. The van der Waals surface area contributed by atoms with Gasteiger partial charge in [-0.25, -0.2) is 5.01 Å². The van der Waals surface area contributed by atoms with Crippen LogP contribution in [0.2, 0.25) is 0 Å². The van der Waals surface area contributed by atoms with Gasteiger partial charge in [-0.2, -0.15) is 5.01 Å². The summed E-state index contributed by atoms with van der Waals surface area (Å²) in [6.07, 6.45) is 0. The van der Waals surface area contributed by atoms with Gasteiger partial charge in [0.1, 0.15) is 27.6 Å². The predicted molar refractivity (Wildman–Crippen MR) is 151 cm³/mol. The lowest BCUT2D eigenvalue weighted by Gasteiger charge is -2.36. The number of allylic oxidation sites excluding steroid dienone is 2. The fourth-order valence-corrected chi connectivity index (χ4v) is 8.36. The van der Waals surface area contributed by atoms with Crippen molar-refractivity contribution in [2.75, 3.05) is 13.7 Å². The largest absolute Gasteiger partial charge is 0.497 e. The molecule has 10 nitrogen and oxygen atoms in total. The van der Waals surface area contributed by atoms with E-state index in [1.165, 1.54) is 37.4 Å². The molecular weight excluding hydrogens is 667 g/mol. The molecule has 1 saturated heterocycles. The highest BCUT2D eigenvalue weighted by atomic mass is 35.5. The highest BCUT2D eigenvalue weighted by Crippen LogP contribution is 2.77. The maximum atomic E-state index is 14.0. The van der Waals surface area contributed by atoms with Crippen molar-refractivity contribution in [1.29, 1.82) is 0 Å². The number of nitrogens with zero attached hydrogens (tertiary/aromatic N) is 3. The molecule has 3 aliphatic rings. The molecule has 2 aromatic carbocycles. The van der Waals surface area contributed by atoms with Gasteiger partial charge in [0.25, 0.3) is 23.4 Å². The summed E-state index contributed by atoms with van der Waals surface area (Å²) in [7, 11) is 1.38. The Bertz CT molecular complexity index is 1550. The zero-order valence-corrected chi connectivity index (χ0v) is 25.0. The SMILES string of the molecule is COc1cccc(C(=O)CN(C(=O)c2ccccc2[N+](=O)[O-])N2C(=O)[C@@H]3[C@H](C2=O)[C@@]2(Cl)C(Cl)=C(Cl)[C@@]3(Cl)C2(Cl)Cl)c1. The number of nitro benzene ring substituents is 1. The standard InChI is InChI=1S/C25H15Cl6N3O7/c1-41-12-6-4-5-11(9-12)15(35)10-32(20(36)13-7-2-3-8-14(13)34(39)40)33-21(37)16-17(22(33)38)24(29)19(27)18(26)23(16,28)25(24,30)31/h2-9,16-17H,10H2,1H3/t16-,17+,23-,24-/m1/s1. The van der Waals surface area contributed by atoms with Crippen molar-refractivity contribution >= 4 is 98.8 Å². The van der Waals surface area contributed by atoms with Gasteiger partial charge in [-0.3, -0.25) is 29.3 Å². The summed E-state index contributed by atoms with van der Waals surface area (Å²) < 4.78 is 2.91. The summed E-state index contributed by atoms with van der Waals surface area (Å²) >= 11 is 39.2. The Kier molecular flexibility index (Phi) is 7.29. The highest BCUT2D eigenvalue weighted by Gasteiger charge is 2.88. The lowest BCUT2D eigenvalue weighted by atomic mass is 9.84. The molecule has 0 N–H and O–H groups in total. The van der Waals surface area contributed by atoms with Crippen molar-refractivity contribution < 1.29 is 28.8 Å². The van der Waals surface area contributed by atoms with E-state index in [1.54, 1.807) is 6.07 Å². The lowest BCUT2D eigenvalue weighted by Crippen LogP contribution is -2.56. The number of hydrogen-bond donors (Lipinski definition) is 0. The van der Waals surface area contributed by atoms with Crippen LogP contribution in [0.3, 0.4) is 0 Å². The van der Waals surface area contributed by atoms with E-state index in [9.17, 15) is 29.3 Å². The molecule has 1 heterocycles. The smallest absolute Gasteiger partial charge is 0.282 e. The van der Waals surface area contributed by atoms with Gasteiger partial charge in [-0.05, 0) is 18.2 Å². The lowest BCUT2D eigenvalue weighted by molar-refractivity contribution is -0.385. The molecule has 0 spiro atoms. The Balaban J connectivity index is 1.63. The number of methoxy groups -OCH3 is 1. The topological polar surface area (TPSA) is 127 Å². The zero-order valence-electron chi connectivity index (χ0n) is 20.4. The number of ether oxygens (including phenoxy) is 1. The Morgan fingerprint density at radius 1 is 0.976 bits per heavy atom. The fraction of sp³-hybridized carbons (Fsp3) is 0.280. The van der Waals surface area contributed by atoms with Crippen LogP contribution in [0.4, 0.5) is 5.69 Å². The number of carbonyl (C=O) groups is 4. The Labute approximate surface area is 261 Å². The summed E-state index contributed by atoms with van der Waals surface area (Å²) in [5, 5.41) is 11.9. The average Bonchev–Trinajstić information content (AvgIpc) is 3.34. The third kappa shape index (κ3) is 3.85. The fourth-order valence-electron chi connectivity index (χ4n) is 5.43. The first-order valence-electron chi connectivity index (χ1n) is 11.6. The third-order valence-electron chi connectivity index (χ3n) is 7.38. The minimum Gasteiger partial charge on any atom is -0.497 e. The number of nitro groups is 1. The van der Waals surface area contributed by atoms with Gasteiger partial charge < -0.3 is 4.74 Å². The number of para-hydroxylation sites is 1. The summed E-state index contributed by atoms with van der Waals surface area (Å²) in [4.78, 5) is 61.7. The van der Waals surface area contributed by atoms with Gasteiger partial charge in [0.2, 0.25) is 0 Å². The molecule has 2 aliphatic carbocycles. The number of amides is 3. The van der Waals surface area contributed by atoms with Crippen LogP contribution in [-0.2, 0) is 9.59 Å². The number of hydrogen-bond acceptors (Lipinski definition) is 7. The number of fused-ring (bicyclic) bond motifs is 5. The number of benzene rings is 2. The van der Waals surface area contributed by atoms with Gasteiger partial charge >= 0.3 is 0 Å². The number of hydrazine groups is 1. The quantitative estimate of drug-likeness (QED) is 0.128. The van der Waals surface area contributed by atoms with Crippen molar-refractivity contribution in [2.24, 2.45) is 11.8 Å². The molecule has 41 heavy (non-hydrogen) atoms. The van der Waals surface area contributed by atoms with Crippen LogP contribution < -0.4 is 4.74 Å². The van der Waals surface area contributed by atoms with E-state index in [0.717, 1.165) is 12.1 Å². The maximum absolute atomic E-state index is 14.0. The van der Waals surface area contributed by atoms with E-state index in [0.29, 0.717) is 15.8 Å². The molecule has 1 saturated carbocycles. The van der Waals surface area contributed by atoms with E-state index in [2.05, 4.69) is 0 Å². The maximum Gasteiger partial charge on any atom is 0.282 e. The molecule has 0 unspecified atom stereocenters. The number of rotatable bonds is 7. The number of halogens is 6. The first-order chi connectivity index (χ1) is 19.2. The highest BCUT2D eigenvalue weighted by molar-refractivity contribution is 6.66. The molecular formula is C25H15Cl6N3O7. The van der Waals surface area contributed by atoms with E-state index in [-0.39, 0.29) is 15.6 Å². The molecule has 16 heteroatoms. The second-order valence-corrected chi connectivity index (χ2v) is 12.6. The van der Waals surface area contributed by atoms with Gasteiger partial charge in [0.15, 0.2) is 10.1 Å². The van der Waals surface area contributed by atoms with Crippen molar-refractivity contribution in [3.63, 3.8) is 0 Å². The second-order valence-electron chi connectivity index (χ2n) is 9.36. The molecule has 4 atom stereocenters. The van der Waals surface area contributed by atoms with E-state index in [1.807, 2.05) is 0 Å². The van der Waals surface area contributed by atoms with E-state index in [4.69, 9.17) is 74.3 Å². The number of ketones is 1. The Morgan fingerprint density at radius 3 is 2.07 bits per heavy atom. The van der Waals surface area contributed by atoms with Crippen LogP contribution in [0, 0.1) is 22.0 Å². The van der Waals surface area contributed by atoms with Crippen LogP contribution in [0.1, 0.15) is 20.7 Å². The van der Waals surface area contributed by atoms with Crippen LogP contribution in [0.5, 0.6) is 5.75 Å². The number of Topliss-reactive ketones (excluding diaryl/α,β-unsaturated/α-hetero) is 1. The normalized spacial score (nSPS) is 27.7. The summed E-state index contributed by atoms with van der Waals surface area (Å²) in [6, 6.07) is 10.7. The minimum atomic E-state index is -2.23. The van der Waals surface area contributed by atoms with Crippen molar-refractivity contribution in [3.05, 3.63) is 79.8 Å². The molecule has 0 aromatic heterocycles. The molecule has 2 bridgehead atoms. The average molecular weight is 682 g/mol. The van der Waals surface area contributed by atoms with E-state index < -0.39 is 72.1 Å². The first-order valence-corrected chi connectivity index (χ1v) is 13.8. The van der Waals surface area contributed by atoms with Crippen LogP contribution >= 0.6 is 69.6 Å². The number of imide groups is 1. The molecule has 1 aliphatic heterocycles. The first kappa shape index (κ1) is 29.9. The number of carbonyl (C=O) groups excluding carboxylic acids is 4. The van der Waals surface area contributed by atoms with Gasteiger partial charge in [-0.1, -0.05) is 70.7 Å². The van der Waals surface area contributed by atoms with Crippen LogP contribution in [-0.4, -0.2) is 66.2 Å². The zero-order chi connectivity index (χ0) is 30.2. The van der Waals surface area contributed by atoms with Gasteiger partial charge in [0.05, 0.1) is 33.9 Å². The Morgan fingerprint density at radius 2 is 1.54 bits per heavy atom. The molecule has 214 valence electrons. The van der Waals surface area contributed by atoms with E-state index >= 15 is 0 Å². The minimum absolute atomic E-state index is 0.0555. The summed E-state index contributed by atoms with van der Waals surface area (Å²) in [5.74, 6) is -7.07. The predicted octanol–water partition coefficient (Wildman–Crippen LogP) is 5.29. The second kappa shape index (κ2) is 10.00. The molecule has 2 aromatic rings. The van der Waals surface area contributed by atoms with Gasteiger partial charge in [0, 0.05) is 11.6 Å². The summed E-state index contributed by atoms with van der Waals surface area (Å²) in [5.41, 5.74) is -1.08. The third-order valence-corrected chi connectivity index (χ3v) is 11.6. The van der Waals surface area contributed by atoms with Crippen molar-refractivity contribution in [3.8, 4) is 5.75 Å². The molecule has 0 radical (unpaired) electrons. The van der Waals surface area contributed by atoms with Gasteiger partial charge in [-0.15, -0.1) is 23.2 Å². The van der Waals surface area contributed by atoms with Crippen molar-refractivity contribution in [1.82, 2.24) is 10.0 Å². The summed E-state index contributed by atoms with van der Waals surface area (Å²) in [6.45, 7) is -0.901. The monoisotopic (exact) mass is 679 g/mol. The van der Waals surface area contributed by atoms with Crippen molar-refractivity contribution in [2.45, 2.75) is 14.1 Å². The number of alkyl halides is 4. The van der Waals surface area contributed by atoms with Crippen LogP contribution in [0.25, 0.3) is 0 Å². The molecule has 5 rings (SSSR count). The molecule has 3 amide bonds.